The zero-order valence-electron chi connectivity index (χ0n) is 10.8. The number of allylic oxidation sites excluding steroid dienone is 8. The van der Waals surface area contributed by atoms with Gasteiger partial charge in [-0.25, -0.2) is 0 Å². The van der Waals surface area contributed by atoms with Crippen LogP contribution in [0.1, 0.15) is 6.42 Å². The molecule has 7 rings (SSSR count). The molecule has 20 heavy (non-hydrogen) atoms. The molecule has 0 aromatic carbocycles. The van der Waals surface area contributed by atoms with Crippen molar-refractivity contribution in [3.8, 4) is 0 Å². The van der Waals surface area contributed by atoms with Crippen molar-refractivity contribution in [3.05, 3.63) is 46.5 Å². The summed E-state index contributed by atoms with van der Waals surface area (Å²) in [4.78, 5) is 25.4. The van der Waals surface area contributed by atoms with E-state index in [1.165, 1.54) is 0 Å². The van der Waals surface area contributed by atoms with Crippen LogP contribution >= 0.6 is 15.9 Å². The third-order valence-corrected chi connectivity index (χ3v) is 6.63. The molecule has 0 unspecified atom stereocenters. The number of Topliss-reactive ketones (excluding diaryl/α,β-unsaturated/α-hetero) is 1. The molecule has 7 aliphatic rings. The van der Waals surface area contributed by atoms with Crippen LogP contribution in [0.3, 0.4) is 0 Å². The maximum Gasteiger partial charge on any atom is 0.168 e. The Morgan fingerprint density at radius 3 is 2.75 bits per heavy atom. The van der Waals surface area contributed by atoms with E-state index in [-0.39, 0.29) is 35.2 Å². The van der Waals surface area contributed by atoms with Gasteiger partial charge in [0.2, 0.25) is 0 Å². The molecular weight excluding hydrogens is 316 g/mol. The molecule has 0 aliphatic heterocycles. The molecule has 1 saturated carbocycles. The summed E-state index contributed by atoms with van der Waals surface area (Å²) in [6, 6.07) is 0. The summed E-state index contributed by atoms with van der Waals surface area (Å²) in [6.07, 6.45) is 13.2. The van der Waals surface area contributed by atoms with Gasteiger partial charge in [-0.2, -0.15) is 0 Å². The molecule has 0 saturated heterocycles. The zero-order chi connectivity index (χ0) is 13.6. The molecule has 6 bridgehead atoms. The lowest BCUT2D eigenvalue weighted by molar-refractivity contribution is -0.139. The van der Waals surface area contributed by atoms with E-state index in [9.17, 15) is 9.59 Å². The number of rotatable bonds is 0. The lowest BCUT2D eigenvalue weighted by atomic mass is 9.55. The quantitative estimate of drug-likeness (QED) is 0.641. The number of ketones is 2. The first-order chi connectivity index (χ1) is 9.63. The van der Waals surface area contributed by atoms with Gasteiger partial charge in [-0.3, -0.25) is 9.59 Å². The number of carbonyl (C=O) groups is 2. The van der Waals surface area contributed by atoms with Crippen molar-refractivity contribution in [1.82, 2.24) is 0 Å². The summed E-state index contributed by atoms with van der Waals surface area (Å²) in [7, 11) is 0. The molecule has 0 radical (unpaired) electrons. The highest BCUT2D eigenvalue weighted by Crippen LogP contribution is 2.64. The predicted octanol–water partition coefficient (Wildman–Crippen LogP) is 2.97. The molecule has 0 heterocycles. The van der Waals surface area contributed by atoms with Gasteiger partial charge in [0.1, 0.15) is 5.78 Å². The van der Waals surface area contributed by atoms with Crippen molar-refractivity contribution in [2.75, 3.05) is 0 Å². The summed E-state index contributed by atoms with van der Waals surface area (Å²) in [5.74, 6) is 1.34. The number of hydrogen-bond donors (Lipinski definition) is 0. The van der Waals surface area contributed by atoms with E-state index in [0.29, 0.717) is 12.3 Å². The molecule has 7 aliphatic carbocycles. The van der Waals surface area contributed by atoms with Gasteiger partial charge in [0.15, 0.2) is 5.78 Å². The highest BCUT2D eigenvalue weighted by atomic mass is 79.9. The largest absolute Gasteiger partial charge is 0.299 e. The summed E-state index contributed by atoms with van der Waals surface area (Å²) >= 11 is 3.55. The van der Waals surface area contributed by atoms with Crippen molar-refractivity contribution >= 4 is 27.5 Å². The topological polar surface area (TPSA) is 34.1 Å². The predicted molar refractivity (Wildman–Crippen MR) is 77.9 cm³/mol. The fourth-order valence-corrected chi connectivity index (χ4v) is 5.87. The first-order valence-electron chi connectivity index (χ1n) is 7.16. The molecule has 100 valence electrons. The van der Waals surface area contributed by atoms with Crippen molar-refractivity contribution in [3.63, 3.8) is 0 Å². The van der Waals surface area contributed by atoms with Crippen LogP contribution in [0.2, 0.25) is 0 Å². The molecule has 3 heteroatoms. The van der Waals surface area contributed by atoms with E-state index >= 15 is 0 Å². The molecule has 0 aromatic rings. The monoisotopic (exact) mass is 328 g/mol. The number of carbonyl (C=O) groups excluding carboxylic acids is 2. The first-order valence-corrected chi connectivity index (χ1v) is 7.96. The zero-order valence-corrected chi connectivity index (χ0v) is 12.3. The van der Waals surface area contributed by atoms with E-state index in [0.717, 1.165) is 10.1 Å². The first kappa shape index (κ1) is 11.4. The highest BCUT2D eigenvalue weighted by Gasteiger charge is 2.64. The minimum absolute atomic E-state index is 0.0711. The maximum atomic E-state index is 12.7. The third kappa shape index (κ3) is 1.03. The SMILES string of the molecule is O=C1C[C@]23C(=O)C=C(Br)C2=C[C@H]2[C@@H]4C=C[C@H]([C@@H]12)[C@@H]3C=C4. The molecular formula is C17H13BrO2. The summed E-state index contributed by atoms with van der Waals surface area (Å²) in [5.41, 5.74) is 0.455. The van der Waals surface area contributed by atoms with Crippen LogP contribution in [0.5, 0.6) is 0 Å². The molecule has 0 aromatic heterocycles. The van der Waals surface area contributed by atoms with E-state index in [4.69, 9.17) is 0 Å². The second-order valence-corrected chi connectivity index (χ2v) is 7.46. The second kappa shape index (κ2) is 3.33. The average molecular weight is 329 g/mol. The molecule has 2 nitrogen and oxygen atoms in total. The van der Waals surface area contributed by atoms with Gasteiger partial charge in [0, 0.05) is 28.7 Å². The van der Waals surface area contributed by atoms with Crippen LogP contribution in [0.4, 0.5) is 0 Å². The van der Waals surface area contributed by atoms with Crippen LogP contribution in [0.15, 0.2) is 46.5 Å². The Morgan fingerprint density at radius 2 is 1.90 bits per heavy atom. The Bertz CT molecular complexity index is 696. The minimum atomic E-state index is -0.623. The van der Waals surface area contributed by atoms with E-state index in [2.05, 4.69) is 46.3 Å². The number of halogens is 1. The Kier molecular flexibility index (Phi) is 1.90. The molecule has 1 spiro atoms. The standard InChI is InChI=1S/C17H13BrO2/c18-13-6-15(20)17-7-14(19)16-9-3-1-8(2-4-11(9)17)10(16)5-12(13)17/h1-6,8-11,16H,7H2/t8-,9+,10+,11+,16-,17-/m1/s1. The van der Waals surface area contributed by atoms with Crippen molar-refractivity contribution in [1.29, 1.82) is 0 Å². The van der Waals surface area contributed by atoms with Gasteiger partial charge in [-0.15, -0.1) is 0 Å². The number of fused-ring (bicyclic) bond motifs is 1. The van der Waals surface area contributed by atoms with Gasteiger partial charge in [0.05, 0.1) is 5.41 Å². The summed E-state index contributed by atoms with van der Waals surface area (Å²) < 4.78 is 0.891. The Labute approximate surface area is 125 Å². The van der Waals surface area contributed by atoms with E-state index < -0.39 is 5.41 Å². The van der Waals surface area contributed by atoms with Crippen molar-refractivity contribution in [2.45, 2.75) is 6.42 Å². The van der Waals surface area contributed by atoms with Gasteiger partial charge in [-0.05, 0) is 23.5 Å². The lowest BCUT2D eigenvalue weighted by Gasteiger charge is -2.45. The van der Waals surface area contributed by atoms with Crippen LogP contribution in [-0.4, -0.2) is 11.6 Å². The summed E-state index contributed by atoms with van der Waals surface area (Å²) in [6.45, 7) is 0. The van der Waals surface area contributed by atoms with Gasteiger partial charge < -0.3 is 0 Å². The van der Waals surface area contributed by atoms with Crippen LogP contribution < -0.4 is 0 Å². The average Bonchev–Trinajstić information content (AvgIpc) is 2.67. The van der Waals surface area contributed by atoms with Gasteiger partial charge in [0.25, 0.3) is 0 Å². The van der Waals surface area contributed by atoms with E-state index in [1.54, 1.807) is 6.08 Å². The van der Waals surface area contributed by atoms with Crippen molar-refractivity contribution in [2.24, 2.45) is 35.0 Å². The Hall–Kier alpha value is -1.22. The number of hydrogen-bond acceptors (Lipinski definition) is 2. The van der Waals surface area contributed by atoms with E-state index in [1.807, 2.05) is 0 Å². The third-order valence-electron chi connectivity index (χ3n) is 5.97. The molecule has 0 amide bonds. The van der Waals surface area contributed by atoms with Gasteiger partial charge in [-0.1, -0.05) is 46.3 Å². The molecule has 0 N–H and O–H groups in total. The minimum Gasteiger partial charge on any atom is -0.299 e. The molecule has 6 atom stereocenters. The van der Waals surface area contributed by atoms with Crippen LogP contribution in [0, 0.1) is 35.0 Å². The fourth-order valence-electron chi connectivity index (χ4n) is 5.17. The Balaban J connectivity index is 1.89. The fraction of sp³-hybridized carbons (Fsp3) is 0.412. The lowest BCUT2D eigenvalue weighted by Crippen LogP contribution is -2.49. The Morgan fingerprint density at radius 1 is 1.10 bits per heavy atom. The molecule has 1 fully saturated rings. The smallest absolute Gasteiger partial charge is 0.168 e. The maximum absolute atomic E-state index is 12.7. The van der Waals surface area contributed by atoms with Crippen LogP contribution in [0.25, 0.3) is 0 Å². The summed E-state index contributed by atoms with van der Waals surface area (Å²) in [5, 5.41) is 0. The van der Waals surface area contributed by atoms with Gasteiger partial charge >= 0.3 is 0 Å². The highest BCUT2D eigenvalue weighted by molar-refractivity contribution is 9.12. The normalized spacial score (nSPS) is 50.1. The van der Waals surface area contributed by atoms with Crippen LogP contribution in [-0.2, 0) is 9.59 Å². The second-order valence-electron chi connectivity index (χ2n) is 6.60. The van der Waals surface area contributed by atoms with Crippen molar-refractivity contribution < 1.29 is 9.59 Å².